The Morgan fingerprint density at radius 3 is 3.08 bits per heavy atom. The lowest BCUT2D eigenvalue weighted by atomic mass is 10.1. The van der Waals surface area contributed by atoms with Crippen LogP contribution in [0, 0.1) is 17.4 Å². The second-order valence-corrected chi connectivity index (χ2v) is 2.08. The number of hydrogen-bond donors (Lipinski definition) is 0. The Morgan fingerprint density at radius 2 is 2.50 bits per heavy atom. The van der Waals surface area contributed by atoms with Gasteiger partial charge in [-0.3, -0.25) is 0 Å². The average molecular weight is 160 g/mol. The first-order valence-electron chi connectivity index (χ1n) is 3.28. The predicted octanol–water partition coefficient (Wildman–Crippen LogP) is 1.15. The van der Waals surface area contributed by atoms with Crippen molar-refractivity contribution in [2.75, 3.05) is 7.11 Å². The zero-order chi connectivity index (χ0) is 8.97. The van der Waals surface area contributed by atoms with Gasteiger partial charge < -0.3 is 4.74 Å². The molecule has 0 aliphatic carbocycles. The minimum Gasteiger partial charge on any atom is -0.465 e. The smallest absolute Gasteiger partial charge is 0.339 e. The number of benzene rings is 1. The molecular weight excluding hydrogens is 154 g/mol. The molecule has 0 saturated heterocycles. The van der Waals surface area contributed by atoms with Crippen LogP contribution in [0.25, 0.3) is 0 Å². The van der Waals surface area contributed by atoms with E-state index in [4.69, 9.17) is 5.26 Å². The minimum atomic E-state index is -0.511. The summed E-state index contributed by atoms with van der Waals surface area (Å²) in [5.74, 6) is -0.511. The maximum Gasteiger partial charge on any atom is 0.339 e. The number of methoxy groups -OCH3 is 1. The highest BCUT2D eigenvalue weighted by Gasteiger charge is 2.09. The Balaban J connectivity index is 3.16. The van der Waals surface area contributed by atoms with Gasteiger partial charge in [0.05, 0.1) is 18.2 Å². The maximum atomic E-state index is 11.0. The zero-order valence-electron chi connectivity index (χ0n) is 6.50. The molecule has 0 N–H and O–H groups in total. The third-order valence-electron chi connectivity index (χ3n) is 1.39. The maximum absolute atomic E-state index is 11.0. The summed E-state index contributed by atoms with van der Waals surface area (Å²) in [6.45, 7) is 0. The Bertz CT molecular complexity index is 339. The largest absolute Gasteiger partial charge is 0.465 e. The summed E-state index contributed by atoms with van der Waals surface area (Å²) in [7, 11) is 1.27. The molecule has 0 spiro atoms. The first-order chi connectivity index (χ1) is 5.79. The number of carbonyl (C=O) groups excluding carboxylic acids is 1. The highest BCUT2D eigenvalue weighted by Crippen LogP contribution is 2.07. The van der Waals surface area contributed by atoms with Gasteiger partial charge in [0.15, 0.2) is 0 Å². The molecule has 0 aromatic heterocycles. The molecule has 3 heteroatoms. The minimum absolute atomic E-state index is 0.252. The third-order valence-corrected chi connectivity index (χ3v) is 1.39. The second-order valence-electron chi connectivity index (χ2n) is 2.08. The monoisotopic (exact) mass is 160 g/mol. The van der Waals surface area contributed by atoms with Crippen LogP contribution in [0.15, 0.2) is 18.2 Å². The van der Waals surface area contributed by atoms with Crippen LogP contribution < -0.4 is 0 Å². The van der Waals surface area contributed by atoms with Crippen LogP contribution in [0.1, 0.15) is 15.9 Å². The number of ether oxygens (including phenoxy) is 1. The van der Waals surface area contributed by atoms with E-state index in [0.29, 0.717) is 5.56 Å². The molecule has 0 fully saturated rings. The van der Waals surface area contributed by atoms with E-state index in [1.54, 1.807) is 6.07 Å². The normalized spacial score (nSPS) is 8.67. The molecule has 0 atom stereocenters. The van der Waals surface area contributed by atoms with Gasteiger partial charge in [-0.25, -0.2) is 4.79 Å². The van der Waals surface area contributed by atoms with Crippen molar-refractivity contribution in [3.63, 3.8) is 0 Å². The van der Waals surface area contributed by atoms with Crippen molar-refractivity contribution in [2.24, 2.45) is 0 Å². The van der Waals surface area contributed by atoms with Crippen molar-refractivity contribution in [3.8, 4) is 6.07 Å². The fourth-order valence-electron chi connectivity index (χ4n) is 0.807. The van der Waals surface area contributed by atoms with Gasteiger partial charge in [0, 0.05) is 0 Å². The first kappa shape index (κ1) is 8.28. The molecule has 0 unspecified atom stereocenters. The second kappa shape index (κ2) is 3.54. The summed E-state index contributed by atoms with van der Waals surface area (Å²) in [6, 6.07) is 9.12. The van der Waals surface area contributed by atoms with Gasteiger partial charge >= 0.3 is 5.97 Å². The number of rotatable bonds is 1. The fraction of sp³-hybridized carbons (Fsp3) is 0.111. The Morgan fingerprint density at radius 1 is 1.75 bits per heavy atom. The Hall–Kier alpha value is -1.82. The number of esters is 1. The summed E-state index contributed by atoms with van der Waals surface area (Å²) in [4.78, 5) is 11.0. The molecule has 3 nitrogen and oxygen atoms in total. The molecule has 1 rings (SSSR count). The molecule has 1 aromatic carbocycles. The number of nitrogens with zero attached hydrogens (tertiary/aromatic N) is 1. The number of nitriles is 1. The van der Waals surface area contributed by atoms with E-state index in [9.17, 15) is 4.79 Å². The molecule has 12 heavy (non-hydrogen) atoms. The summed E-state index contributed by atoms with van der Waals surface area (Å²) >= 11 is 0. The van der Waals surface area contributed by atoms with Crippen molar-refractivity contribution in [1.82, 2.24) is 0 Å². The van der Waals surface area contributed by atoms with Crippen molar-refractivity contribution in [2.45, 2.75) is 0 Å². The zero-order valence-corrected chi connectivity index (χ0v) is 6.50. The highest BCUT2D eigenvalue weighted by atomic mass is 16.5. The topological polar surface area (TPSA) is 50.1 Å². The molecule has 0 heterocycles. The molecular formula is C9H6NO2. The van der Waals surface area contributed by atoms with Crippen LogP contribution in [0.3, 0.4) is 0 Å². The van der Waals surface area contributed by atoms with Crippen molar-refractivity contribution in [3.05, 3.63) is 35.4 Å². The van der Waals surface area contributed by atoms with E-state index in [1.807, 2.05) is 6.07 Å². The summed E-state index contributed by atoms with van der Waals surface area (Å²) in [5, 5.41) is 8.59. The quantitative estimate of drug-likeness (QED) is 0.579. The predicted molar refractivity (Wildman–Crippen MR) is 41.3 cm³/mol. The third kappa shape index (κ3) is 1.43. The van der Waals surface area contributed by atoms with Crippen molar-refractivity contribution in [1.29, 1.82) is 5.26 Å². The Labute approximate surface area is 70.2 Å². The van der Waals surface area contributed by atoms with Crippen LogP contribution >= 0.6 is 0 Å². The van der Waals surface area contributed by atoms with Crippen molar-refractivity contribution < 1.29 is 9.53 Å². The molecule has 1 radical (unpaired) electrons. The summed E-state index contributed by atoms with van der Waals surface area (Å²) < 4.78 is 4.47. The summed E-state index contributed by atoms with van der Waals surface area (Å²) in [5.41, 5.74) is 0.558. The van der Waals surface area contributed by atoms with E-state index in [2.05, 4.69) is 10.8 Å². The van der Waals surface area contributed by atoms with Gasteiger partial charge in [-0.2, -0.15) is 5.26 Å². The van der Waals surface area contributed by atoms with E-state index >= 15 is 0 Å². The molecule has 59 valence electrons. The lowest BCUT2D eigenvalue weighted by molar-refractivity contribution is 0.0600. The van der Waals surface area contributed by atoms with Gasteiger partial charge in [-0.05, 0) is 18.2 Å². The van der Waals surface area contributed by atoms with Crippen LogP contribution in [0.5, 0.6) is 0 Å². The van der Waals surface area contributed by atoms with Gasteiger partial charge in [0.25, 0.3) is 0 Å². The lowest BCUT2D eigenvalue weighted by Gasteiger charge is -1.98. The van der Waals surface area contributed by atoms with E-state index < -0.39 is 5.97 Å². The molecule has 1 aromatic rings. The fourth-order valence-corrected chi connectivity index (χ4v) is 0.807. The first-order valence-corrected chi connectivity index (χ1v) is 3.28. The average Bonchev–Trinajstić information content (AvgIpc) is 2.16. The lowest BCUT2D eigenvalue weighted by Crippen LogP contribution is -2.03. The standard InChI is InChI=1S/C9H6NO2/c1-12-9(11)8-5-3-2-4-7(8)6-10/h2,4-5H,1H3. The molecule has 0 bridgehead atoms. The van der Waals surface area contributed by atoms with Gasteiger partial charge in [-0.1, -0.05) is 6.07 Å². The Kier molecular flexibility index (Phi) is 2.44. The van der Waals surface area contributed by atoms with Crippen LogP contribution in [-0.4, -0.2) is 13.1 Å². The van der Waals surface area contributed by atoms with E-state index in [0.717, 1.165) is 0 Å². The van der Waals surface area contributed by atoms with E-state index in [1.165, 1.54) is 19.2 Å². The van der Waals surface area contributed by atoms with Crippen LogP contribution in [0.2, 0.25) is 0 Å². The van der Waals surface area contributed by atoms with Crippen LogP contribution in [0.4, 0.5) is 0 Å². The van der Waals surface area contributed by atoms with Gasteiger partial charge in [-0.15, -0.1) is 0 Å². The van der Waals surface area contributed by atoms with Crippen LogP contribution in [-0.2, 0) is 4.74 Å². The van der Waals surface area contributed by atoms with E-state index in [-0.39, 0.29) is 5.56 Å². The van der Waals surface area contributed by atoms with Gasteiger partial charge in [0.2, 0.25) is 0 Å². The molecule has 0 amide bonds. The van der Waals surface area contributed by atoms with Gasteiger partial charge in [0.1, 0.15) is 6.07 Å². The molecule has 0 saturated carbocycles. The molecule has 0 aliphatic rings. The summed E-state index contributed by atoms with van der Waals surface area (Å²) in [6.07, 6.45) is 0. The molecule has 0 aliphatic heterocycles. The number of carbonyl (C=O) groups is 1. The number of hydrogen-bond acceptors (Lipinski definition) is 3. The highest BCUT2D eigenvalue weighted by molar-refractivity contribution is 5.91. The van der Waals surface area contributed by atoms with Crippen molar-refractivity contribution >= 4 is 5.97 Å². The SMILES string of the molecule is COC(=O)c1c[c]ccc1C#N.